The molecule has 1 aliphatic rings. The molecule has 2 rings (SSSR count). The molecule has 5 heteroatoms. The van der Waals surface area contributed by atoms with Crippen LogP contribution in [-0.2, 0) is 6.42 Å². The van der Waals surface area contributed by atoms with Crippen molar-refractivity contribution in [3.8, 4) is 0 Å². The van der Waals surface area contributed by atoms with Gasteiger partial charge < -0.3 is 10.0 Å². The summed E-state index contributed by atoms with van der Waals surface area (Å²) in [6.07, 6.45) is 4.26. The summed E-state index contributed by atoms with van der Waals surface area (Å²) in [7, 11) is 0. The van der Waals surface area contributed by atoms with Gasteiger partial charge in [-0.3, -0.25) is 0 Å². The van der Waals surface area contributed by atoms with E-state index < -0.39 is 5.60 Å². The minimum Gasteiger partial charge on any atom is -0.389 e. The fourth-order valence-corrected chi connectivity index (χ4v) is 3.79. The van der Waals surface area contributed by atoms with E-state index in [1.165, 1.54) is 6.07 Å². The number of rotatable bonds is 6. The second-order valence-corrected chi connectivity index (χ2v) is 6.88. The Kier molecular flexibility index (Phi) is 8.29. The van der Waals surface area contributed by atoms with Crippen LogP contribution in [0.5, 0.6) is 0 Å². The molecule has 0 radical (unpaired) electrons. The predicted octanol–water partition coefficient (Wildman–Crippen LogP) is 4.71. The van der Waals surface area contributed by atoms with Crippen LogP contribution in [0.2, 0.25) is 5.02 Å². The Morgan fingerprint density at radius 2 is 2.00 bits per heavy atom. The number of hydrogen-bond donors (Lipinski definition) is 1. The lowest BCUT2D eigenvalue weighted by Gasteiger charge is -2.42. The van der Waals surface area contributed by atoms with E-state index in [1.807, 2.05) is 0 Å². The van der Waals surface area contributed by atoms with E-state index in [0.29, 0.717) is 17.0 Å². The van der Waals surface area contributed by atoms with Crippen molar-refractivity contribution >= 4 is 24.0 Å². The molecule has 1 aromatic carbocycles. The standard InChI is InChI=1S/C18H27ClFNO.ClH/c1-3-21(4-2)13-15-7-5-6-10-18(15,22)12-14-11-16(19)8-9-17(14)20;/h8-9,11,15,22H,3-7,10,12-13H2,1-2H3;1H/t15-,18-;/m0./s1. The van der Waals surface area contributed by atoms with Gasteiger partial charge in [-0.2, -0.15) is 0 Å². The Balaban J connectivity index is 0.00000264. The highest BCUT2D eigenvalue weighted by atomic mass is 35.5. The average molecular weight is 364 g/mol. The van der Waals surface area contributed by atoms with E-state index in [0.717, 1.165) is 45.3 Å². The van der Waals surface area contributed by atoms with Crippen LogP contribution in [0.25, 0.3) is 0 Å². The van der Waals surface area contributed by atoms with Crippen LogP contribution in [-0.4, -0.2) is 35.2 Å². The summed E-state index contributed by atoms with van der Waals surface area (Å²) < 4.78 is 14.0. The second-order valence-electron chi connectivity index (χ2n) is 6.44. The number of halogens is 3. The molecule has 2 nitrogen and oxygen atoms in total. The topological polar surface area (TPSA) is 23.5 Å². The van der Waals surface area contributed by atoms with Crippen LogP contribution in [0.3, 0.4) is 0 Å². The number of nitrogens with zero attached hydrogens (tertiary/aromatic N) is 1. The summed E-state index contributed by atoms with van der Waals surface area (Å²) in [4.78, 5) is 2.34. The molecule has 0 unspecified atom stereocenters. The van der Waals surface area contributed by atoms with Crippen LogP contribution in [0.15, 0.2) is 18.2 Å². The second kappa shape index (κ2) is 9.22. The zero-order valence-electron chi connectivity index (χ0n) is 14.0. The van der Waals surface area contributed by atoms with E-state index in [-0.39, 0.29) is 24.1 Å². The molecule has 132 valence electrons. The first-order valence-electron chi connectivity index (χ1n) is 8.37. The third-order valence-electron chi connectivity index (χ3n) is 5.05. The van der Waals surface area contributed by atoms with E-state index in [2.05, 4.69) is 18.7 Å². The van der Waals surface area contributed by atoms with Crippen LogP contribution in [0.4, 0.5) is 4.39 Å². The van der Waals surface area contributed by atoms with Crippen molar-refractivity contribution in [3.05, 3.63) is 34.6 Å². The molecule has 0 saturated heterocycles. The van der Waals surface area contributed by atoms with Crippen molar-refractivity contribution in [2.24, 2.45) is 5.92 Å². The minimum atomic E-state index is -0.827. The zero-order valence-corrected chi connectivity index (χ0v) is 15.6. The third kappa shape index (κ3) is 5.32. The Hall–Kier alpha value is -0.350. The zero-order chi connectivity index (χ0) is 16.2. The molecule has 1 fully saturated rings. The fraction of sp³-hybridized carbons (Fsp3) is 0.667. The summed E-state index contributed by atoms with van der Waals surface area (Å²) in [5.41, 5.74) is -0.298. The van der Waals surface area contributed by atoms with E-state index in [4.69, 9.17) is 11.6 Å². The average Bonchev–Trinajstić information content (AvgIpc) is 2.50. The third-order valence-corrected chi connectivity index (χ3v) is 5.28. The normalized spacial score (nSPS) is 24.5. The van der Waals surface area contributed by atoms with Gasteiger partial charge in [-0.25, -0.2) is 4.39 Å². The summed E-state index contributed by atoms with van der Waals surface area (Å²) in [6, 6.07) is 4.60. The molecular weight excluding hydrogens is 336 g/mol. The molecule has 1 aromatic rings. The van der Waals surface area contributed by atoms with Gasteiger partial charge in [0.15, 0.2) is 0 Å². The lowest BCUT2D eigenvalue weighted by Crippen LogP contribution is -2.48. The number of hydrogen-bond acceptors (Lipinski definition) is 2. The first-order chi connectivity index (χ1) is 10.5. The highest BCUT2D eigenvalue weighted by Gasteiger charge is 2.39. The fourth-order valence-electron chi connectivity index (χ4n) is 3.59. The Bertz CT molecular complexity index is 496. The summed E-state index contributed by atoms with van der Waals surface area (Å²) >= 11 is 5.99. The van der Waals surface area contributed by atoms with Crippen molar-refractivity contribution in [1.29, 1.82) is 0 Å². The molecule has 0 bridgehead atoms. The van der Waals surface area contributed by atoms with Crippen molar-refractivity contribution in [3.63, 3.8) is 0 Å². The number of aliphatic hydroxyl groups is 1. The lowest BCUT2D eigenvalue weighted by atomic mass is 9.72. The largest absolute Gasteiger partial charge is 0.389 e. The Morgan fingerprint density at radius 1 is 1.30 bits per heavy atom. The minimum absolute atomic E-state index is 0. The molecule has 0 aliphatic heterocycles. The lowest BCUT2D eigenvalue weighted by molar-refractivity contribution is -0.0588. The van der Waals surface area contributed by atoms with E-state index in [1.54, 1.807) is 12.1 Å². The molecule has 1 saturated carbocycles. The molecule has 23 heavy (non-hydrogen) atoms. The van der Waals surface area contributed by atoms with Gasteiger partial charge in [-0.1, -0.05) is 38.3 Å². The maximum atomic E-state index is 14.0. The van der Waals surface area contributed by atoms with Gasteiger partial charge in [0.05, 0.1) is 5.60 Å². The van der Waals surface area contributed by atoms with Gasteiger partial charge in [-0.05, 0) is 49.7 Å². The molecule has 1 aliphatic carbocycles. The highest BCUT2D eigenvalue weighted by molar-refractivity contribution is 6.30. The molecule has 2 atom stereocenters. The van der Waals surface area contributed by atoms with Crippen LogP contribution in [0.1, 0.15) is 45.1 Å². The van der Waals surface area contributed by atoms with Crippen molar-refractivity contribution in [2.45, 2.75) is 51.6 Å². The SMILES string of the molecule is CCN(CC)C[C@@H]1CCCC[C@]1(O)Cc1cc(Cl)ccc1F.Cl. The van der Waals surface area contributed by atoms with E-state index >= 15 is 0 Å². The van der Waals surface area contributed by atoms with Crippen molar-refractivity contribution in [1.82, 2.24) is 4.90 Å². The van der Waals surface area contributed by atoms with Gasteiger partial charge in [0.2, 0.25) is 0 Å². The predicted molar refractivity (Wildman–Crippen MR) is 97.1 cm³/mol. The Labute approximate surface area is 150 Å². The molecule has 0 aromatic heterocycles. The summed E-state index contributed by atoms with van der Waals surface area (Å²) in [5.74, 6) is -0.0791. The molecule has 1 N–H and O–H groups in total. The molecular formula is C18H28Cl2FNO. The van der Waals surface area contributed by atoms with Crippen LogP contribution < -0.4 is 0 Å². The van der Waals surface area contributed by atoms with Crippen molar-refractivity contribution < 1.29 is 9.50 Å². The maximum absolute atomic E-state index is 14.0. The Morgan fingerprint density at radius 3 is 2.65 bits per heavy atom. The quantitative estimate of drug-likeness (QED) is 0.791. The van der Waals surface area contributed by atoms with Crippen LogP contribution >= 0.6 is 24.0 Å². The monoisotopic (exact) mass is 363 g/mol. The highest BCUT2D eigenvalue weighted by Crippen LogP contribution is 2.37. The summed E-state index contributed by atoms with van der Waals surface area (Å²) in [6.45, 7) is 7.12. The number of benzene rings is 1. The molecule has 0 heterocycles. The van der Waals surface area contributed by atoms with Gasteiger partial charge in [0.25, 0.3) is 0 Å². The van der Waals surface area contributed by atoms with Crippen molar-refractivity contribution in [2.75, 3.05) is 19.6 Å². The van der Waals surface area contributed by atoms with Gasteiger partial charge in [0, 0.05) is 23.9 Å². The van der Waals surface area contributed by atoms with E-state index in [9.17, 15) is 9.50 Å². The first kappa shape index (κ1) is 20.7. The van der Waals surface area contributed by atoms with Gasteiger partial charge in [-0.15, -0.1) is 12.4 Å². The summed E-state index contributed by atoms with van der Waals surface area (Å²) in [5, 5.41) is 11.7. The maximum Gasteiger partial charge on any atom is 0.126 e. The first-order valence-corrected chi connectivity index (χ1v) is 8.75. The van der Waals surface area contributed by atoms with Gasteiger partial charge in [0.1, 0.15) is 5.82 Å². The molecule has 0 amide bonds. The molecule has 0 spiro atoms. The van der Waals surface area contributed by atoms with Gasteiger partial charge >= 0.3 is 0 Å². The van der Waals surface area contributed by atoms with Crippen LogP contribution in [0, 0.1) is 11.7 Å². The smallest absolute Gasteiger partial charge is 0.126 e.